The average Bonchev–Trinajstić information content (AvgIpc) is 3.62. The van der Waals surface area contributed by atoms with Gasteiger partial charge in [-0.2, -0.15) is 0 Å². The van der Waals surface area contributed by atoms with E-state index in [1.165, 1.54) is 25.1 Å². The minimum absolute atomic E-state index is 0.0148. The van der Waals surface area contributed by atoms with Gasteiger partial charge >= 0.3 is 5.97 Å². The number of carboxylic acid groups (broad SMARTS) is 1. The van der Waals surface area contributed by atoms with Gasteiger partial charge in [-0.25, -0.2) is 14.7 Å². The number of amides is 2. The highest BCUT2D eigenvalue weighted by Crippen LogP contribution is 2.37. The molecule has 3 aromatic carbocycles. The Kier molecular flexibility index (Phi) is 6.97. The fourth-order valence-electron chi connectivity index (χ4n) is 6.21. The molecular formula is C35H28N4O7. The zero-order valence-electron chi connectivity index (χ0n) is 24.8. The Morgan fingerprint density at radius 2 is 1.70 bits per heavy atom. The number of rotatable bonds is 7. The van der Waals surface area contributed by atoms with Gasteiger partial charge in [0.05, 0.1) is 22.4 Å². The van der Waals surface area contributed by atoms with E-state index < -0.39 is 23.2 Å². The highest BCUT2D eigenvalue weighted by molar-refractivity contribution is 6.34. The molecule has 2 aliphatic heterocycles. The predicted octanol–water partition coefficient (Wildman–Crippen LogP) is 4.50. The van der Waals surface area contributed by atoms with E-state index in [0.717, 1.165) is 36.8 Å². The molecule has 230 valence electrons. The van der Waals surface area contributed by atoms with Crippen LogP contribution in [0.4, 0.5) is 5.69 Å². The molecule has 7 rings (SSSR count). The van der Waals surface area contributed by atoms with Crippen molar-refractivity contribution in [1.82, 2.24) is 15.2 Å². The number of nitrogens with zero attached hydrogens (tertiary/aromatic N) is 3. The summed E-state index contributed by atoms with van der Waals surface area (Å²) in [5.74, 6) is -2.77. The molecule has 1 fully saturated rings. The second-order valence-electron chi connectivity index (χ2n) is 11.5. The lowest BCUT2D eigenvalue weighted by Crippen LogP contribution is -2.44. The number of aromatic nitrogens is 1. The van der Waals surface area contributed by atoms with Gasteiger partial charge in [0, 0.05) is 43.0 Å². The van der Waals surface area contributed by atoms with Gasteiger partial charge in [-0.1, -0.05) is 18.2 Å². The van der Waals surface area contributed by atoms with E-state index in [1.807, 2.05) is 12.2 Å². The van der Waals surface area contributed by atoms with Crippen molar-refractivity contribution >= 4 is 46.1 Å². The van der Waals surface area contributed by atoms with Gasteiger partial charge in [0.25, 0.3) is 11.8 Å². The number of carboxylic acids is 1. The van der Waals surface area contributed by atoms with Crippen molar-refractivity contribution in [1.29, 1.82) is 0 Å². The third kappa shape index (κ3) is 4.72. The quantitative estimate of drug-likeness (QED) is 0.173. The van der Waals surface area contributed by atoms with Gasteiger partial charge in [-0.3, -0.25) is 19.2 Å². The number of aromatic carboxylic acids is 1. The number of carbonyl (C=O) groups excluding carboxylic acids is 4. The molecule has 11 heteroatoms. The van der Waals surface area contributed by atoms with E-state index in [2.05, 4.69) is 15.2 Å². The summed E-state index contributed by atoms with van der Waals surface area (Å²) in [5.41, 5.74) is 1.60. The Morgan fingerprint density at radius 3 is 2.41 bits per heavy atom. The second kappa shape index (κ2) is 11.0. The van der Waals surface area contributed by atoms with Crippen LogP contribution in [-0.4, -0.2) is 70.5 Å². The molecule has 1 aliphatic carbocycles. The van der Waals surface area contributed by atoms with Crippen molar-refractivity contribution in [2.45, 2.75) is 13.3 Å². The summed E-state index contributed by atoms with van der Waals surface area (Å²) in [4.78, 5) is 72.3. The zero-order valence-corrected chi connectivity index (χ0v) is 24.8. The molecule has 1 saturated heterocycles. The van der Waals surface area contributed by atoms with Crippen LogP contribution in [0.25, 0.3) is 22.6 Å². The van der Waals surface area contributed by atoms with Gasteiger partial charge in [0.15, 0.2) is 11.4 Å². The topological polar surface area (TPSA) is 150 Å². The third-order valence-electron chi connectivity index (χ3n) is 8.82. The number of imide groups is 1. The van der Waals surface area contributed by atoms with Gasteiger partial charge < -0.3 is 19.7 Å². The standard InChI is InChI=1S/C35H28N4O7/c1-20(40)35(11-9-24(10-12-35)38-15-13-36-14-16-38)30(41)21-6-8-28-29(19-21)46-31(37-28)22-3-2-4-25(17-22)39-32(42)26-7-5-23(34(44)45)18-27(26)33(39)43/h2-11,17-19,36H,12-16H2,1H3,(H,44,45). The summed E-state index contributed by atoms with van der Waals surface area (Å²) in [5, 5.41) is 12.6. The van der Waals surface area contributed by atoms with Gasteiger partial charge in [-0.05, 0) is 74.0 Å². The summed E-state index contributed by atoms with van der Waals surface area (Å²) >= 11 is 0. The minimum atomic E-state index is -1.32. The molecule has 2 amide bonds. The van der Waals surface area contributed by atoms with E-state index in [0.29, 0.717) is 22.2 Å². The first-order chi connectivity index (χ1) is 22.2. The van der Waals surface area contributed by atoms with E-state index in [9.17, 15) is 29.1 Å². The largest absolute Gasteiger partial charge is 0.478 e. The number of ketones is 2. The van der Waals surface area contributed by atoms with Crippen LogP contribution in [0.15, 0.2) is 89.0 Å². The Hall–Kier alpha value is -5.68. The highest BCUT2D eigenvalue weighted by atomic mass is 16.4. The van der Waals surface area contributed by atoms with Crippen LogP contribution < -0.4 is 10.2 Å². The van der Waals surface area contributed by atoms with Gasteiger partial charge in [0.2, 0.25) is 5.89 Å². The number of anilines is 1. The number of Topliss-reactive ketones (excluding diaryl/α,β-unsaturated/α-hetero) is 2. The van der Waals surface area contributed by atoms with Crippen LogP contribution in [0.1, 0.15) is 54.8 Å². The zero-order chi connectivity index (χ0) is 32.2. The van der Waals surface area contributed by atoms with Crippen molar-refractivity contribution < 1.29 is 33.5 Å². The Labute approximate surface area is 262 Å². The first kappa shape index (κ1) is 29.1. The monoisotopic (exact) mass is 616 g/mol. The molecule has 46 heavy (non-hydrogen) atoms. The molecule has 1 unspecified atom stereocenters. The fourth-order valence-corrected chi connectivity index (χ4v) is 6.21. The number of oxazole rings is 1. The predicted molar refractivity (Wildman–Crippen MR) is 168 cm³/mol. The number of piperazine rings is 1. The van der Waals surface area contributed by atoms with Crippen LogP contribution in [0.2, 0.25) is 0 Å². The summed E-state index contributed by atoms with van der Waals surface area (Å²) in [6.45, 7) is 4.91. The number of hydrogen-bond donors (Lipinski definition) is 2. The van der Waals surface area contributed by atoms with E-state index in [4.69, 9.17) is 4.42 Å². The highest BCUT2D eigenvalue weighted by Gasteiger charge is 2.42. The first-order valence-corrected chi connectivity index (χ1v) is 14.8. The molecular weight excluding hydrogens is 588 g/mol. The lowest BCUT2D eigenvalue weighted by molar-refractivity contribution is -0.122. The summed E-state index contributed by atoms with van der Waals surface area (Å²) in [7, 11) is 0. The van der Waals surface area contributed by atoms with Crippen molar-refractivity contribution in [2.24, 2.45) is 5.41 Å². The molecule has 0 radical (unpaired) electrons. The van der Waals surface area contributed by atoms with E-state index >= 15 is 0 Å². The van der Waals surface area contributed by atoms with Crippen LogP contribution in [0.5, 0.6) is 0 Å². The molecule has 0 bridgehead atoms. The van der Waals surface area contributed by atoms with Crippen molar-refractivity contribution in [3.63, 3.8) is 0 Å². The molecule has 2 N–H and O–H groups in total. The number of nitrogens with one attached hydrogen (secondary N) is 1. The van der Waals surface area contributed by atoms with E-state index in [1.54, 1.807) is 48.5 Å². The number of fused-ring (bicyclic) bond motifs is 2. The number of hydrogen-bond acceptors (Lipinski definition) is 9. The summed E-state index contributed by atoms with van der Waals surface area (Å²) < 4.78 is 6.05. The fraction of sp³-hybridized carbons (Fsp3) is 0.200. The van der Waals surface area contributed by atoms with Crippen LogP contribution >= 0.6 is 0 Å². The number of allylic oxidation sites excluding steroid dienone is 3. The molecule has 3 heterocycles. The molecule has 1 aromatic heterocycles. The molecule has 4 aromatic rings. The SMILES string of the molecule is CC(=O)C1(C(=O)c2ccc3nc(-c4cccc(N5C(=O)c6ccc(C(=O)O)cc6C5=O)c4)oc3c2)C=CC(N2CCNCC2)=CC1. The molecule has 3 aliphatic rings. The van der Waals surface area contributed by atoms with Crippen LogP contribution in [0, 0.1) is 5.41 Å². The second-order valence-corrected chi connectivity index (χ2v) is 11.5. The van der Waals surface area contributed by atoms with Crippen molar-refractivity contribution in [2.75, 3.05) is 31.1 Å². The average molecular weight is 617 g/mol. The Balaban J connectivity index is 1.16. The molecule has 0 spiro atoms. The smallest absolute Gasteiger partial charge is 0.335 e. The lowest BCUT2D eigenvalue weighted by atomic mass is 9.72. The maximum Gasteiger partial charge on any atom is 0.335 e. The third-order valence-corrected chi connectivity index (χ3v) is 8.82. The van der Waals surface area contributed by atoms with Crippen molar-refractivity contribution in [3.8, 4) is 11.5 Å². The Morgan fingerprint density at radius 1 is 0.935 bits per heavy atom. The van der Waals surface area contributed by atoms with E-state index in [-0.39, 0.29) is 46.3 Å². The summed E-state index contributed by atoms with van der Waals surface area (Å²) in [6.07, 6.45) is 5.81. The molecule has 0 saturated carbocycles. The first-order valence-electron chi connectivity index (χ1n) is 14.8. The van der Waals surface area contributed by atoms with Crippen LogP contribution in [0.3, 0.4) is 0 Å². The van der Waals surface area contributed by atoms with Crippen molar-refractivity contribution in [3.05, 3.63) is 107 Å². The Bertz CT molecular complexity index is 2050. The normalized spacial score (nSPS) is 19.4. The number of benzene rings is 3. The molecule has 11 nitrogen and oxygen atoms in total. The van der Waals surface area contributed by atoms with Crippen LogP contribution in [-0.2, 0) is 4.79 Å². The lowest BCUT2D eigenvalue weighted by Gasteiger charge is -2.34. The van der Waals surface area contributed by atoms with Gasteiger partial charge in [-0.15, -0.1) is 0 Å². The summed E-state index contributed by atoms with van der Waals surface area (Å²) in [6, 6.07) is 15.2. The van der Waals surface area contributed by atoms with Gasteiger partial charge in [0.1, 0.15) is 16.7 Å². The minimum Gasteiger partial charge on any atom is -0.478 e. The maximum atomic E-state index is 13.9. The number of carbonyl (C=O) groups is 5. The maximum absolute atomic E-state index is 13.9. The molecule has 1 atom stereocenters.